The summed E-state index contributed by atoms with van der Waals surface area (Å²) < 4.78 is 27.7. The molecule has 162 valence electrons. The highest BCUT2D eigenvalue weighted by Crippen LogP contribution is 2.12. The molecular formula is C21H27N3O5S. The number of benzene rings is 2. The Balaban J connectivity index is 2.00. The summed E-state index contributed by atoms with van der Waals surface area (Å²) in [5.41, 5.74) is 2.77. The van der Waals surface area contributed by atoms with Crippen molar-refractivity contribution in [3.63, 3.8) is 0 Å². The van der Waals surface area contributed by atoms with Crippen molar-refractivity contribution in [3.8, 4) is 0 Å². The number of nitrogens with one attached hydrogen (secondary N) is 3. The van der Waals surface area contributed by atoms with Crippen LogP contribution in [0.1, 0.15) is 37.7 Å². The van der Waals surface area contributed by atoms with Crippen LogP contribution < -0.4 is 15.5 Å². The Labute approximate surface area is 176 Å². The van der Waals surface area contributed by atoms with Crippen LogP contribution in [0.4, 0.5) is 5.69 Å². The Kier molecular flexibility index (Phi) is 9.46. The standard InChI is InChI=1S/C21H27N3O5S/c25-20(23-27)15-9-3-8-14-19(21(26)22-18-12-6-2-7-13-18)24-30(28,29)16-17-10-4-1-5-11-17/h1-2,4-7,10-13,19,24,27H,3,8-9,14-16H2,(H,22,26)(H,23,25)/t19-/m0/s1. The Morgan fingerprint density at radius 2 is 1.53 bits per heavy atom. The second-order valence-corrected chi connectivity index (χ2v) is 8.66. The van der Waals surface area contributed by atoms with E-state index in [-0.39, 0.29) is 18.6 Å². The monoisotopic (exact) mass is 433 g/mol. The van der Waals surface area contributed by atoms with Crippen LogP contribution in [0.5, 0.6) is 0 Å². The first-order valence-electron chi connectivity index (χ1n) is 9.72. The van der Waals surface area contributed by atoms with Crippen LogP contribution in [-0.2, 0) is 25.4 Å². The smallest absolute Gasteiger partial charge is 0.243 e. The van der Waals surface area contributed by atoms with E-state index in [1.165, 1.54) is 0 Å². The highest BCUT2D eigenvalue weighted by molar-refractivity contribution is 7.88. The van der Waals surface area contributed by atoms with Crippen LogP contribution in [-0.4, -0.2) is 31.5 Å². The second kappa shape index (κ2) is 12.1. The molecular weight excluding hydrogens is 406 g/mol. The number of carbonyl (C=O) groups is 2. The minimum absolute atomic E-state index is 0.164. The van der Waals surface area contributed by atoms with Gasteiger partial charge in [0.05, 0.1) is 5.75 Å². The van der Waals surface area contributed by atoms with Crippen molar-refractivity contribution < 1.29 is 23.2 Å². The van der Waals surface area contributed by atoms with Crippen molar-refractivity contribution in [2.45, 2.75) is 43.9 Å². The highest BCUT2D eigenvalue weighted by Gasteiger charge is 2.24. The fraction of sp³-hybridized carbons (Fsp3) is 0.333. The molecule has 8 nitrogen and oxygen atoms in total. The summed E-state index contributed by atoms with van der Waals surface area (Å²) in [4.78, 5) is 23.8. The van der Waals surface area contributed by atoms with Gasteiger partial charge in [-0.3, -0.25) is 14.8 Å². The predicted molar refractivity (Wildman–Crippen MR) is 114 cm³/mol. The number of hydrogen-bond acceptors (Lipinski definition) is 5. The lowest BCUT2D eigenvalue weighted by atomic mass is 10.1. The minimum atomic E-state index is -3.74. The number of carbonyl (C=O) groups excluding carboxylic acids is 2. The molecule has 0 saturated heterocycles. The molecule has 0 aliphatic heterocycles. The van der Waals surface area contributed by atoms with Crippen molar-refractivity contribution in [1.82, 2.24) is 10.2 Å². The third-order valence-corrected chi connectivity index (χ3v) is 5.76. The van der Waals surface area contributed by atoms with E-state index in [1.54, 1.807) is 60.1 Å². The fourth-order valence-electron chi connectivity index (χ4n) is 2.91. The van der Waals surface area contributed by atoms with E-state index in [0.29, 0.717) is 30.5 Å². The largest absolute Gasteiger partial charge is 0.325 e. The van der Waals surface area contributed by atoms with E-state index < -0.39 is 27.9 Å². The third kappa shape index (κ3) is 8.73. The van der Waals surface area contributed by atoms with Crippen LogP contribution >= 0.6 is 0 Å². The van der Waals surface area contributed by atoms with Gasteiger partial charge in [-0.05, 0) is 30.5 Å². The van der Waals surface area contributed by atoms with E-state index in [2.05, 4.69) is 10.0 Å². The van der Waals surface area contributed by atoms with Gasteiger partial charge in [0.2, 0.25) is 21.8 Å². The van der Waals surface area contributed by atoms with Crippen LogP contribution in [0.2, 0.25) is 0 Å². The maximum absolute atomic E-state index is 12.7. The van der Waals surface area contributed by atoms with Gasteiger partial charge in [-0.1, -0.05) is 61.4 Å². The van der Waals surface area contributed by atoms with Crippen LogP contribution in [0.15, 0.2) is 60.7 Å². The lowest BCUT2D eigenvalue weighted by Gasteiger charge is -2.19. The van der Waals surface area contributed by atoms with Crippen molar-refractivity contribution in [2.75, 3.05) is 5.32 Å². The van der Waals surface area contributed by atoms with Crippen LogP contribution in [0.3, 0.4) is 0 Å². The Morgan fingerprint density at radius 3 is 2.17 bits per heavy atom. The topological polar surface area (TPSA) is 125 Å². The van der Waals surface area contributed by atoms with E-state index in [1.807, 2.05) is 6.07 Å². The van der Waals surface area contributed by atoms with E-state index in [9.17, 15) is 18.0 Å². The molecule has 2 rings (SSSR count). The molecule has 0 fully saturated rings. The summed E-state index contributed by atoms with van der Waals surface area (Å²) in [6, 6.07) is 16.6. The van der Waals surface area contributed by atoms with E-state index in [4.69, 9.17) is 5.21 Å². The molecule has 0 radical (unpaired) electrons. The highest BCUT2D eigenvalue weighted by atomic mass is 32.2. The second-order valence-electron chi connectivity index (χ2n) is 6.90. The number of amides is 2. The molecule has 30 heavy (non-hydrogen) atoms. The molecule has 2 aromatic carbocycles. The van der Waals surface area contributed by atoms with Gasteiger partial charge in [-0.2, -0.15) is 0 Å². The zero-order valence-corrected chi connectivity index (χ0v) is 17.4. The van der Waals surface area contributed by atoms with Gasteiger partial charge in [0, 0.05) is 12.1 Å². The zero-order valence-electron chi connectivity index (χ0n) is 16.6. The first-order valence-corrected chi connectivity index (χ1v) is 11.4. The molecule has 0 aromatic heterocycles. The van der Waals surface area contributed by atoms with Crippen molar-refractivity contribution >= 4 is 27.5 Å². The Bertz CT molecular complexity index is 905. The fourth-order valence-corrected chi connectivity index (χ4v) is 4.29. The number of anilines is 1. The maximum Gasteiger partial charge on any atom is 0.243 e. The van der Waals surface area contributed by atoms with Gasteiger partial charge in [0.25, 0.3) is 0 Å². The lowest BCUT2D eigenvalue weighted by Crippen LogP contribution is -2.44. The molecule has 2 amide bonds. The lowest BCUT2D eigenvalue weighted by molar-refractivity contribution is -0.129. The first-order chi connectivity index (χ1) is 14.4. The van der Waals surface area contributed by atoms with Gasteiger partial charge in [-0.15, -0.1) is 0 Å². The summed E-state index contributed by atoms with van der Waals surface area (Å²) in [7, 11) is -3.74. The average molecular weight is 434 g/mol. The number of sulfonamides is 1. The molecule has 0 heterocycles. The van der Waals surface area contributed by atoms with Gasteiger partial charge < -0.3 is 5.32 Å². The summed E-state index contributed by atoms with van der Waals surface area (Å²) in [5.74, 6) is -1.14. The molecule has 0 bridgehead atoms. The molecule has 0 unspecified atom stereocenters. The molecule has 0 aliphatic carbocycles. The van der Waals surface area contributed by atoms with Crippen molar-refractivity contribution in [1.29, 1.82) is 0 Å². The molecule has 2 aromatic rings. The van der Waals surface area contributed by atoms with Crippen molar-refractivity contribution in [2.24, 2.45) is 0 Å². The van der Waals surface area contributed by atoms with Crippen molar-refractivity contribution in [3.05, 3.63) is 66.2 Å². The molecule has 0 spiro atoms. The molecule has 9 heteroatoms. The average Bonchev–Trinajstić information content (AvgIpc) is 2.73. The maximum atomic E-state index is 12.7. The quantitative estimate of drug-likeness (QED) is 0.233. The summed E-state index contributed by atoms with van der Waals surface area (Å²) in [6.07, 6.45) is 2.13. The van der Waals surface area contributed by atoms with Gasteiger partial charge in [0.1, 0.15) is 6.04 Å². The Hall–Kier alpha value is -2.75. The SMILES string of the molecule is O=C(CCCCC[C@H](NS(=O)(=O)Cc1ccccc1)C(=O)Nc1ccccc1)NO. The minimum Gasteiger partial charge on any atom is -0.325 e. The Morgan fingerprint density at radius 1 is 0.900 bits per heavy atom. The number of hydrogen-bond donors (Lipinski definition) is 4. The number of para-hydroxylation sites is 1. The number of unbranched alkanes of at least 4 members (excludes halogenated alkanes) is 2. The summed E-state index contributed by atoms with van der Waals surface area (Å²) in [6.45, 7) is 0. The molecule has 1 atom stereocenters. The van der Waals surface area contributed by atoms with Crippen LogP contribution in [0, 0.1) is 0 Å². The van der Waals surface area contributed by atoms with Gasteiger partial charge in [-0.25, -0.2) is 18.6 Å². The normalized spacial score (nSPS) is 12.2. The summed E-state index contributed by atoms with van der Waals surface area (Å²) >= 11 is 0. The number of hydroxylamine groups is 1. The number of rotatable bonds is 12. The summed E-state index contributed by atoms with van der Waals surface area (Å²) in [5, 5.41) is 11.2. The van der Waals surface area contributed by atoms with Crippen LogP contribution in [0.25, 0.3) is 0 Å². The third-order valence-electron chi connectivity index (χ3n) is 4.40. The molecule has 0 aliphatic rings. The first kappa shape index (κ1) is 23.5. The zero-order chi connectivity index (χ0) is 21.8. The molecule has 0 saturated carbocycles. The van der Waals surface area contributed by atoms with E-state index >= 15 is 0 Å². The predicted octanol–water partition coefficient (Wildman–Crippen LogP) is 2.57. The van der Waals surface area contributed by atoms with Gasteiger partial charge >= 0.3 is 0 Å². The van der Waals surface area contributed by atoms with E-state index in [0.717, 1.165) is 0 Å². The van der Waals surface area contributed by atoms with Gasteiger partial charge in [0.15, 0.2) is 0 Å². The molecule has 4 N–H and O–H groups in total.